The maximum atomic E-state index is 12.9. The highest BCUT2D eigenvalue weighted by atomic mass is 32.2. The minimum absolute atomic E-state index is 0.424. The summed E-state index contributed by atoms with van der Waals surface area (Å²) in [5.41, 5.74) is 4.08. The van der Waals surface area contributed by atoms with E-state index in [-0.39, 0.29) is 0 Å². The van der Waals surface area contributed by atoms with Gasteiger partial charge in [-0.25, -0.2) is 8.42 Å². The number of ether oxygens (including phenoxy) is 1. The number of amides is 1. The van der Waals surface area contributed by atoms with Crippen LogP contribution in [0.3, 0.4) is 0 Å². The zero-order valence-electron chi connectivity index (χ0n) is 18.7. The van der Waals surface area contributed by atoms with Crippen molar-refractivity contribution < 1.29 is 17.9 Å². The second kappa shape index (κ2) is 9.87. The molecule has 3 rings (SSSR count). The lowest BCUT2D eigenvalue weighted by molar-refractivity contribution is -0.116. The van der Waals surface area contributed by atoms with Crippen LogP contribution < -0.4 is 14.4 Å². The maximum absolute atomic E-state index is 12.9. The van der Waals surface area contributed by atoms with Gasteiger partial charge < -0.3 is 10.1 Å². The largest absolute Gasteiger partial charge is 0.489 e. The van der Waals surface area contributed by atoms with Crippen molar-refractivity contribution in [2.45, 2.75) is 33.4 Å². The van der Waals surface area contributed by atoms with E-state index in [1.54, 1.807) is 43.3 Å². The number of sulfonamides is 1. The molecule has 0 saturated carbocycles. The summed E-state index contributed by atoms with van der Waals surface area (Å²) in [7, 11) is -3.67. The van der Waals surface area contributed by atoms with Gasteiger partial charge in [0, 0.05) is 5.69 Å². The molecule has 32 heavy (non-hydrogen) atoms. The van der Waals surface area contributed by atoms with Crippen LogP contribution in [0.4, 0.5) is 11.4 Å². The molecule has 1 N–H and O–H groups in total. The van der Waals surface area contributed by atoms with E-state index >= 15 is 0 Å². The molecule has 0 radical (unpaired) electrons. The molecule has 1 atom stereocenters. The molecule has 0 fully saturated rings. The summed E-state index contributed by atoms with van der Waals surface area (Å²) in [4.78, 5) is 12.9. The van der Waals surface area contributed by atoms with Crippen LogP contribution in [-0.2, 0) is 21.4 Å². The molecular weight excluding hydrogens is 424 g/mol. The summed E-state index contributed by atoms with van der Waals surface area (Å²) in [5, 5.41) is 2.79. The molecule has 0 spiro atoms. The van der Waals surface area contributed by atoms with E-state index in [9.17, 15) is 13.2 Å². The maximum Gasteiger partial charge on any atom is 0.247 e. The van der Waals surface area contributed by atoms with Gasteiger partial charge in [0.15, 0.2) is 0 Å². The monoisotopic (exact) mass is 452 g/mol. The zero-order valence-corrected chi connectivity index (χ0v) is 19.5. The zero-order chi connectivity index (χ0) is 23.3. The number of hydrogen-bond donors (Lipinski definition) is 1. The Bertz CT molecular complexity index is 1180. The van der Waals surface area contributed by atoms with Gasteiger partial charge in [0.25, 0.3) is 0 Å². The Hall–Kier alpha value is -3.32. The van der Waals surface area contributed by atoms with Crippen molar-refractivity contribution in [2.75, 3.05) is 15.9 Å². The Kier molecular flexibility index (Phi) is 7.20. The lowest BCUT2D eigenvalue weighted by Crippen LogP contribution is -2.45. The third-order valence-electron chi connectivity index (χ3n) is 5.20. The standard InChI is InChI=1S/C25H28N2O4S/c1-18-10-13-23(16-19(18)2)27(32(4,29)30)20(3)25(28)26-22-11-14-24(15-12-22)31-17-21-8-6-5-7-9-21/h5-16,20H,17H2,1-4H3,(H,26,28)/t20-/m1/s1. The molecule has 3 aromatic rings. The number of rotatable bonds is 8. The van der Waals surface area contributed by atoms with Crippen molar-refractivity contribution in [3.63, 3.8) is 0 Å². The normalized spacial score (nSPS) is 12.1. The number of hydrogen-bond acceptors (Lipinski definition) is 4. The first-order valence-corrected chi connectivity index (χ1v) is 12.1. The van der Waals surface area contributed by atoms with Crippen LogP contribution in [0.15, 0.2) is 72.8 Å². The van der Waals surface area contributed by atoms with E-state index in [1.165, 1.54) is 0 Å². The van der Waals surface area contributed by atoms with Gasteiger partial charge in [0.2, 0.25) is 15.9 Å². The van der Waals surface area contributed by atoms with Gasteiger partial charge >= 0.3 is 0 Å². The minimum atomic E-state index is -3.67. The SMILES string of the molecule is Cc1ccc(N([C@H](C)C(=O)Nc2ccc(OCc3ccccc3)cc2)S(C)(=O)=O)cc1C. The van der Waals surface area contributed by atoms with E-state index in [4.69, 9.17) is 4.74 Å². The Morgan fingerprint density at radius 2 is 1.62 bits per heavy atom. The molecule has 0 aromatic heterocycles. The van der Waals surface area contributed by atoms with E-state index < -0.39 is 22.0 Å². The van der Waals surface area contributed by atoms with Crippen molar-refractivity contribution in [1.82, 2.24) is 0 Å². The number of carbonyl (C=O) groups is 1. The van der Waals surface area contributed by atoms with Crippen molar-refractivity contribution in [1.29, 1.82) is 0 Å². The third kappa shape index (κ3) is 5.88. The molecule has 0 unspecified atom stereocenters. The second-order valence-electron chi connectivity index (χ2n) is 7.79. The van der Waals surface area contributed by atoms with Crippen LogP contribution in [0, 0.1) is 13.8 Å². The quantitative estimate of drug-likeness (QED) is 0.539. The second-order valence-corrected chi connectivity index (χ2v) is 9.65. The first kappa shape index (κ1) is 23.3. The van der Waals surface area contributed by atoms with Gasteiger partial charge in [-0.1, -0.05) is 36.4 Å². The van der Waals surface area contributed by atoms with Gasteiger partial charge in [0.1, 0.15) is 18.4 Å². The molecule has 0 aliphatic carbocycles. The van der Waals surface area contributed by atoms with Crippen LogP contribution in [0.25, 0.3) is 0 Å². The average Bonchev–Trinajstić information content (AvgIpc) is 2.75. The summed E-state index contributed by atoms with van der Waals surface area (Å²) in [6, 6.07) is 21.2. The molecule has 6 nitrogen and oxygen atoms in total. The van der Waals surface area contributed by atoms with Crippen molar-refractivity contribution in [3.05, 3.63) is 89.5 Å². The van der Waals surface area contributed by atoms with Crippen LogP contribution >= 0.6 is 0 Å². The number of carbonyl (C=O) groups excluding carboxylic acids is 1. The molecule has 0 bridgehead atoms. The Balaban J connectivity index is 1.69. The molecule has 0 aliphatic heterocycles. The van der Waals surface area contributed by atoms with Crippen LogP contribution in [0.2, 0.25) is 0 Å². The fraction of sp³-hybridized carbons (Fsp3) is 0.240. The van der Waals surface area contributed by atoms with Gasteiger partial charge in [-0.3, -0.25) is 9.10 Å². The molecule has 0 saturated heterocycles. The highest BCUT2D eigenvalue weighted by Gasteiger charge is 2.29. The number of benzene rings is 3. The molecule has 0 aliphatic rings. The predicted molar refractivity (Wildman–Crippen MR) is 129 cm³/mol. The van der Waals surface area contributed by atoms with E-state index in [2.05, 4.69) is 5.32 Å². The molecular formula is C25H28N2O4S. The third-order valence-corrected chi connectivity index (χ3v) is 6.45. The van der Waals surface area contributed by atoms with Crippen LogP contribution in [-0.4, -0.2) is 26.6 Å². The Labute approximate surface area is 189 Å². The summed E-state index contributed by atoms with van der Waals surface area (Å²) < 4.78 is 31.9. The number of nitrogens with zero attached hydrogens (tertiary/aromatic N) is 1. The summed E-state index contributed by atoms with van der Waals surface area (Å²) >= 11 is 0. The lowest BCUT2D eigenvalue weighted by Gasteiger charge is -2.28. The molecule has 0 heterocycles. The topological polar surface area (TPSA) is 75.7 Å². The van der Waals surface area contributed by atoms with E-state index in [0.717, 1.165) is 27.3 Å². The molecule has 1 amide bonds. The average molecular weight is 453 g/mol. The summed E-state index contributed by atoms with van der Waals surface area (Å²) in [6.45, 7) is 5.88. The fourth-order valence-electron chi connectivity index (χ4n) is 3.29. The van der Waals surface area contributed by atoms with Crippen molar-refractivity contribution in [2.24, 2.45) is 0 Å². The summed E-state index contributed by atoms with van der Waals surface area (Å²) in [5.74, 6) is 0.249. The summed E-state index contributed by atoms with van der Waals surface area (Å²) in [6.07, 6.45) is 1.10. The smallest absolute Gasteiger partial charge is 0.247 e. The van der Waals surface area contributed by atoms with E-state index in [0.29, 0.717) is 23.7 Å². The first-order valence-electron chi connectivity index (χ1n) is 10.3. The minimum Gasteiger partial charge on any atom is -0.489 e. The Morgan fingerprint density at radius 3 is 2.22 bits per heavy atom. The van der Waals surface area contributed by atoms with Gasteiger partial charge in [0.05, 0.1) is 11.9 Å². The molecule has 7 heteroatoms. The Morgan fingerprint density at radius 1 is 0.969 bits per heavy atom. The van der Waals surface area contributed by atoms with Crippen LogP contribution in [0.1, 0.15) is 23.6 Å². The number of anilines is 2. The molecule has 168 valence electrons. The highest BCUT2D eigenvalue weighted by Crippen LogP contribution is 2.25. The van der Waals surface area contributed by atoms with Crippen LogP contribution in [0.5, 0.6) is 5.75 Å². The fourth-order valence-corrected chi connectivity index (χ4v) is 4.46. The molecule has 3 aromatic carbocycles. The van der Waals surface area contributed by atoms with Gasteiger partial charge in [-0.2, -0.15) is 0 Å². The lowest BCUT2D eigenvalue weighted by atomic mass is 10.1. The van der Waals surface area contributed by atoms with Gasteiger partial charge in [-0.05, 0) is 73.9 Å². The predicted octanol–water partition coefficient (Wildman–Crippen LogP) is 4.68. The van der Waals surface area contributed by atoms with Gasteiger partial charge in [-0.15, -0.1) is 0 Å². The highest BCUT2D eigenvalue weighted by molar-refractivity contribution is 7.92. The number of aryl methyl sites for hydroxylation is 2. The van der Waals surface area contributed by atoms with E-state index in [1.807, 2.05) is 50.2 Å². The number of nitrogens with one attached hydrogen (secondary N) is 1. The first-order chi connectivity index (χ1) is 15.1. The van der Waals surface area contributed by atoms with Crippen molar-refractivity contribution >= 4 is 27.3 Å². The van der Waals surface area contributed by atoms with Crippen molar-refractivity contribution in [3.8, 4) is 5.75 Å².